The second-order valence-electron chi connectivity index (χ2n) is 10.6. The molecule has 202 valence electrons. The number of hydrogen-bond acceptors (Lipinski definition) is 7. The number of fused-ring (bicyclic) bond motifs is 1. The summed E-state index contributed by atoms with van der Waals surface area (Å²) in [7, 11) is 2.18. The molecule has 4 heterocycles. The van der Waals surface area contributed by atoms with E-state index in [1.165, 1.54) is 11.6 Å². The van der Waals surface area contributed by atoms with Crippen LogP contribution in [0.15, 0.2) is 36.7 Å². The molecule has 0 radical (unpaired) electrons. The summed E-state index contributed by atoms with van der Waals surface area (Å²) in [5.74, 6) is 0.253. The van der Waals surface area contributed by atoms with Crippen LogP contribution in [0.2, 0.25) is 0 Å². The highest BCUT2D eigenvalue weighted by atomic mass is 19.1. The number of anilines is 3. The van der Waals surface area contributed by atoms with Crippen molar-refractivity contribution in [2.75, 3.05) is 30.4 Å². The van der Waals surface area contributed by atoms with Crippen LogP contribution >= 0.6 is 0 Å². The normalized spacial score (nSPS) is 22.5. The summed E-state index contributed by atoms with van der Waals surface area (Å²) >= 11 is 0. The van der Waals surface area contributed by atoms with Gasteiger partial charge in [0.15, 0.2) is 17.4 Å². The predicted molar refractivity (Wildman–Crippen MR) is 146 cm³/mol. The molecule has 3 aromatic rings. The summed E-state index contributed by atoms with van der Waals surface area (Å²) in [4.78, 5) is 17.6. The van der Waals surface area contributed by atoms with Gasteiger partial charge in [0.25, 0.3) is 0 Å². The van der Waals surface area contributed by atoms with Crippen molar-refractivity contribution in [3.63, 3.8) is 0 Å². The van der Waals surface area contributed by atoms with Crippen molar-refractivity contribution in [3.8, 4) is 17.0 Å². The summed E-state index contributed by atoms with van der Waals surface area (Å²) in [5.41, 5.74) is 2.17. The second kappa shape index (κ2) is 10.8. The molecule has 38 heavy (non-hydrogen) atoms. The predicted octanol–water partition coefficient (Wildman–Crippen LogP) is 6.14. The molecule has 1 N–H and O–H groups in total. The Morgan fingerprint density at radius 1 is 1.08 bits per heavy atom. The van der Waals surface area contributed by atoms with Crippen molar-refractivity contribution in [2.24, 2.45) is 0 Å². The maximum Gasteiger partial charge on any atom is 0.229 e. The maximum atomic E-state index is 15.1. The Hall–Kier alpha value is -3.33. The van der Waals surface area contributed by atoms with Gasteiger partial charge >= 0.3 is 0 Å². The largest absolute Gasteiger partial charge is 0.486 e. The van der Waals surface area contributed by atoms with Crippen molar-refractivity contribution < 1.29 is 13.5 Å². The highest BCUT2D eigenvalue weighted by Crippen LogP contribution is 2.40. The topological polar surface area (TPSA) is 66.4 Å². The van der Waals surface area contributed by atoms with Gasteiger partial charge in [0.05, 0.1) is 18.4 Å². The summed E-state index contributed by atoms with van der Waals surface area (Å²) in [6.07, 6.45) is 6.07. The molecule has 0 saturated carbocycles. The van der Waals surface area contributed by atoms with Crippen LogP contribution in [0, 0.1) is 11.6 Å². The molecule has 1 saturated heterocycles. The van der Waals surface area contributed by atoms with Crippen molar-refractivity contribution >= 4 is 17.5 Å². The van der Waals surface area contributed by atoms with E-state index in [-0.39, 0.29) is 23.4 Å². The molecule has 0 spiro atoms. The third-order valence-corrected chi connectivity index (χ3v) is 8.19. The maximum absolute atomic E-state index is 15.1. The van der Waals surface area contributed by atoms with Gasteiger partial charge in [0, 0.05) is 29.9 Å². The standard InChI is InChI=1S/C29H36F2N6O/c1-6-17(2)37-9-10-38-28-23(30)13-22(14-25(28)37)27-24(31)16-33-29(35-27)34-26-8-7-20(15-32-26)21-11-18(3)36(5)19(4)12-21/h7-8,13-19,21H,6,9-12H2,1-5H3,(H,32,33,34,35). The number of likely N-dealkylation sites (tertiary alicyclic amines) is 1. The summed E-state index contributed by atoms with van der Waals surface area (Å²) < 4.78 is 35.5. The molecule has 3 unspecified atom stereocenters. The van der Waals surface area contributed by atoms with Crippen molar-refractivity contribution in [2.45, 2.75) is 71.0 Å². The van der Waals surface area contributed by atoms with Gasteiger partial charge in [-0.15, -0.1) is 0 Å². The first-order chi connectivity index (χ1) is 18.2. The number of benzene rings is 1. The first kappa shape index (κ1) is 26.3. The van der Waals surface area contributed by atoms with E-state index >= 15 is 4.39 Å². The molecule has 7 nitrogen and oxygen atoms in total. The van der Waals surface area contributed by atoms with Crippen LogP contribution in [-0.2, 0) is 0 Å². The van der Waals surface area contributed by atoms with Crippen LogP contribution in [0.3, 0.4) is 0 Å². The molecule has 5 rings (SSSR count). The zero-order chi connectivity index (χ0) is 27.0. The summed E-state index contributed by atoms with van der Waals surface area (Å²) in [6.45, 7) is 9.74. The van der Waals surface area contributed by atoms with Gasteiger partial charge in [-0.3, -0.25) is 0 Å². The number of piperidine rings is 1. The van der Waals surface area contributed by atoms with Crippen LogP contribution < -0.4 is 15.0 Å². The van der Waals surface area contributed by atoms with E-state index in [0.717, 1.165) is 25.5 Å². The lowest BCUT2D eigenvalue weighted by Gasteiger charge is -2.40. The number of aromatic nitrogens is 3. The fraction of sp³-hybridized carbons (Fsp3) is 0.483. The zero-order valence-electron chi connectivity index (χ0n) is 22.7. The van der Waals surface area contributed by atoms with Gasteiger partial charge in [0.2, 0.25) is 5.95 Å². The fourth-order valence-electron chi connectivity index (χ4n) is 5.54. The Bertz CT molecular complexity index is 1270. The molecule has 2 aliphatic heterocycles. The molecule has 0 bridgehead atoms. The first-order valence-corrected chi connectivity index (χ1v) is 13.5. The van der Waals surface area contributed by atoms with E-state index in [1.807, 2.05) is 12.3 Å². The van der Waals surface area contributed by atoms with E-state index in [2.05, 4.69) is 70.9 Å². The summed E-state index contributed by atoms with van der Waals surface area (Å²) in [6, 6.07) is 8.22. The van der Waals surface area contributed by atoms with E-state index in [4.69, 9.17) is 4.74 Å². The number of hydrogen-bond donors (Lipinski definition) is 1. The molecule has 1 fully saturated rings. The molecule has 2 aromatic heterocycles. The van der Waals surface area contributed by atoms with Crippen molar-refractivity contribution in [1.82, 2.24) is 19.9 Å². The van der Waals surface area contributed by atoms with Gasteiger partial charge in [-0.25, -0.2) is 23.7 Å². The quantitative estimate of drug-likeness (QED) is 0.417. The Kier molecular flexibility index (Phi) is 7.47. The van der Waals surface area contributed by atoms with Crippen LogP contribution in [0.1, 0.15) is 58.4 Å². The molecule has 1 aromatic carbocycles. The van der Waals surface area contributed by atoms with Crippen LogP contribution in [0.5, 0.6) is 5.75 Å². The molecular formula is C29H36F2N6O. The summed E-state index contributed by atoms with van der Waals surface area (Å²) in [5, 5.41) is 3.07. The molecule has 0 amide bonds. The van der Waals surface area contributed by atoms with Gasteiger partial charge in [-0.05, 0) is 76.8 Å². The number of rotatable bonds is 6. The van der Waals surface area contributed by atoms with Gasteiger partial charge in [-0.1, -0.05) is 13.0 Å². The second-order valence-corrected chi connectivity index (χ2v) is 10.6. The Balaban J connectivity index is 1.38. The molecule has 0 aliphatic carbocycles. The monoisotopic (exact) mass is 522 g/mol. The van der Waals surface area contributed by atoms with Gasteiger partial charge < -0.3 is 19.9 Å². The number of ether oxygens (including phenoxy) is 1. The highest BCUT2D eigenvalue weighted by molar-refractivity contribution is 5.73. The SMILES string of the molecule is CCC(C)N1CCOc2c(F)cc(-c3nc(Nc4ccc(C5CC(C)N(C)C(C)C5)cn4)ncc3F)cc21. The van der Waals surface area contributed by atoms with Crippen LogP contribution in [0.25, 0.3) is 11.3 Å². The number of halogens is 2. The van der Waals surface area contributed by atoms with Gasteiger partial charge in [0.1, 0.15) is 18.1 Å². The van der Waals surface area contributed by atoms with Crippen molar-refractivity contribution in [1.29, 1.82) is 0 Å². The van der Waals surface area contributed by atoms with E-state index < -0.39 is 11.6 Å². The van der Waals surface area contributed by atoms with E-state index in [9.17, 15) is 4.39 Å². The van der Waals surface area contributed by atoms with Crippen molar-refractivity contribution in [3.05, 3.63) is 53.9 Å². The lowest BCUT2D eigenvalue weighted by Crippen LogP contribution is -2.43. The van der Waals surface area contributed by atoms with E-state index in [0.29, 0.717) is 48.2 Å². The Morgan fingerprint density at radius 2 is 1.84 bits per heavy atom. The third-order valence-electron chi connectivity index (χ3n) is 8.19. The molecular weight excluding hydrogens is 486 g/mol. The minimum absolute atomic E-state index is 0.0183. The number of pyridine rings is 1. The third kappa shape index (κ3) is 5.16. The average molecular weight is 523 g/mol. The first-order valence-electron chi connectivity index (χ1n) is 13.5. The lowest BCUT2D eigenvalue weighted by atomic mass is 9.83. The Morgan fingerprint density at radius 3 is 2.53 bits per heavy atom. The zero-order valence-corrected chi connectivity index (χ0v) is 22.7. The van der Waals surface area contributed by atoms with Crippen LogP contribution in [0.4, 0.5) is 26.2 Å². The fourth-order valence-corrected chi connectivity index (χ4v) is 5.54. The van der Waals surface area contributed by atoms with Gasteiger partial charge in [-0.2, -0.15) is 0 Å². The molecule has 3 atom stereocenters. The Labute approximate surface area is 223 Å². The average Bonchev–Trinajstić information content (AvgIpc) is 2.92. The van der Waals surface area contributed by atoms with E-state index in [1.54, 1.807) is 6.07 Å². The number of nitrogens with zero attached hydrogens (tertiary/aromatic N) is 5. The van der Waals surface area contributed by atoms with Crippen LogP contribution in [-0.4, -0.2) is 58.2 Å². The molecule has 2 aliphatic rings. The minimum Gasteiger partial charge on any atom is -0.486 e. The minimum atomic E-state index is -0.629. The smallest absolute Gasteiger partial charge is 0.229 e. The highest BCUT2D eigenvalue weighted by Gasteiger charge is 2.29. The lowest BCUT2D eigenvalue weighted by molar-refractivity contribution is 0.122. The number of nitrogens with one attached hydrogen (secondary N) is 1. The molecule has 9 heteroatoms.